The first-order valence-electron chi connectivity index (χ1n) is 6.46. The molecule has 108 valence electrons. The van der Waals surface area contributed by atoms with Crippen LogP contribution in [-0.2, 0) is 9.47 Å². The van der Waals surface area contributed by atoms with Crippen LogP contribution in [0.25, 0.3) is 10.8 Å². The van der Waals surface area contributed by atoms with Crippen LogP contribution in [-0.4, -0.2) is 27.8 Å². The molecule has 0 saturated carbocycles. The van der Waals surface area contributed by atoms with Gasteiger partial charge in [-0.25, -0.2) is 0 Å². The number of methoxy groups -OCH3 is 2. The van der Waals surface area contributed by atoms with Crippen molar-refractivity contribution in [3.05, 3.63) is 35.4 Å². The molecule has 0 saturated heterocycles. The molecule has 0 atom stereocenters. The summed E-state index contributed by atoms with van der Waals surface area (Å²) in [5.41, 5.74) is 2.10. The fourth-order valence-corrected chi connectivity index (χ4v) is 2.23. The van der Waals surface area contributed by atoms with Crippen molar-refractivity contribution < 1.29 is 18.9 Å². The summed E-state index contributed by atoms with van der Waals surface area (Å²) < 4.78 is 21.5. The zero-order chi connectivity index (χ0) is 14.5. The lowest BCUT2D eigenvalue weighted by molar-refractivity contribution is 0.0492. The highest BCUT2D eigenvalue weighted by Crippen LogP contribution is 2.40. The van der Waals surface area contributed by atoms with Gasteiger partial charge >= 0.3 is 0 Å². The third kappa shape index (κ3) is 2.71. The second kappa shape index (κ2) is 6.59. The Labute approximate surface area is 119 Å². The monoisotopic (exact) mass is 276 g/mol. The highest BCUT2D eigenvalue weighted by molar-refractivity contribution is 5.95. The van der Waals surface area contributed by atoms with E-state index in [1.165, 1.54) is 0 Å². The number of rotatable bonds is 6. The molecule has 0 heterocycles. The van der Waals surface area contributed by atoms with Crippen LogP contribution in [0.5, 0.6) is 11.5 Å². The smallest absolute Gasteiger partial charge is 0.188 e. The summed E-state index contributed by atoms with van der Waals surface area (Å²) in [6.07, 6.45) is 0. The molecule has 0 N–H and O–H groups in total. The van der Waals surface area contributed by atoms with E-state index < -0.39 is 0 Å². The molecule has 20 heavy (non-hydrogen) atoms. The molecule has 0 bridgehead atoms. The van der Waals surface area contributed by atoms with E-state index in [4.69, 9.17) is 18.9 Å². The molecule has 0 aliphatic rings. The van der Waals surface area contributed by atoms with Crippen molar-refractivity contribution in [1.29, 1.82) is 0 Å². The average molecular weight is 276 g/mol. The molecule has 0 aliphatic heterocycles. The van der Waals surface area contributed by atoms with Gasteiger partial charge in [-0.05, 0) is 25.0 Å². The summed E-state index contributed by atoms with van der Waals surface area (Å²) >= 11 is 0. The van der Waals surface area contributed by atoms with E-state index in [-0.39, 0.29) is 13.6 Å². The Kier molecular flexibility index (Phi) is 4.82. The highest BCUT2D eigenvalue weighted by Gasteiger charge is 2.16. The topological polar surface area (TPSA) is 36.9 Å². The van der Waals surface area contributed by atoms with Crippen LogP contribution >= 0.6 is 0 Å². The zero-order valence-corrected chi connectivity index (χ0v) is 12.4. The van der Waals surface area contributed by atoms with Crippen LogP contribution in [0.4, 0.5) is 0 Å². The predicted octanol–water partition coefficient (Wildman–Crippen LogP) is 3.42. The van der Waals surface area contributed by atoms with Gasteiger partial charge in [0.2, 0.25) is 0 Å². The summed E-state index contributed by atoms with van der Waals surface area (Å²) in [5.74, 6) is 1.68. The van der Waals surface area contributed by atoms with Crippen LogP contribution in [0.15, 0.2) is 24.3 Å². The molecule has 4 heteroatoms. The Morgan fingerprint density at radius 3 is 1.50 bits per heavy atom. The molecule has 0 spiro atoms. The van der Waals surface area contributed by atoms with Crippen molar-refractivity contribution in [2.75, 3.05) is 27.8 Å². The maximum Gasteiger partial charge on any atom is 0.188 e. The van der Waals surface area contributed by atoms with Gasteiger partial charge in [0.1, 0.15) is 11.5 Å². The minimum absolute atomic E-state index is 0.225. The first kappa shape index (κ1) is 14.6. The van der Waals surface area contributed by atoms with E-state index in [0.29, 0.717) is 0 Å². The molecule has 2 aromatic carbocycles. The van der Waals surface area contributed by atoms with Gasteiger partial charge in [-0.3, -0.25) is 0 Å². The van der Waals surface area contributed by atoms with Crippen LogP contribution in [0.1, 0.15) is 11.1 Å². The standard InChI is InChI=1S/C16H20O4/c1-11-12(2)16(20-10-18-4)14-8-6-5-7-13(14)15(11)19-9-17-3/h5-8H,9-10H2,1-4H3. The highest BCUT2D eigenvalue weighted by atomic mass is 16.7. The van der Waals surface area contributed by atoms with Crippen LogP contribution < -0.4 is 9.47 Å². The van der Waals surface area contributed by atoms with Gasteiger partial charge in [0.25, 0.3) is 0 Å². The minimum Gasteiger partial charge on any atom is -0.467 e. The molecule has 2 aromatic rings. The van der Waals surface area contributed by atoms with Gasteiger partial charge in [0, 0.05) is 25.0 Å². The van der Waals surface area contributed by atoms with E-state index in [9.17, 15) is 0 Å². The lowest BCUT2D eigenvalue weighted by Crippen LogP contribution is -2.06. The summed E-state index contributed by atoms with van der Waals surface area (Å²) in [6, 6.07) is 8.01. The van der Waals surface area contributed by atoms with Gasteiger partial charge in [0.05, 0.1) is 0 Å². The zero-order valence-electron chi connectivity index (χ0n) is 12.4. The van der Waals surface area contributed by atoms with E-state index >= 15 is 0 Å². The quantitative estimate of drug-likeness (QED) is 0.758. The van der Waals surface area contributed by atoms with Crippen LogP contribution in [0, 0.1) is 13.8 Å². The molecule has 0 unspecified atom stereocenters. The summed E-state index contributed by atoms with van der Waals surface area (Å²) in [6.45, 7) is 4.49. The maximum absolute atomic E-state index is 5.73. The van der Waals surface area contributed by atoms with E-state index in [1.807, 2.05) is 38.1 Å². The fourth-order valence-electron chi connectivity index (χ4n) is 2.23. The Bertz CT molecular complexity index is 540. The van der Waals surface area contributed by atoms with Gasteiger partial charge in [-0.2, -0.15) is 0 Å². The van der Waals surface area contributed by atoms with Gasteiger partial charge in [-0.15, -0.1) is 0 Å². The summed E-state index contributed by atoms with van der Waals surface area (Å²) in [5, 5.41) is 2.03. The molecule has 0 fully saturated rings. The summed E-state index contributed by atoms with van der Waals surface area (Å²) in [4.78, 5) is 0. The Morgan fingerprint density at radius 2 is 1.15 bits per heavy atom. The lowest BCUT2D eigenvalue weighted by atomic mass is 9.99. The van der Waals surface area contributed by atoms with E-state index in [1.54, 1.807) is 14.2 Å². The third-order valence-corrected chi connectivity index (χ3v) is 3.30. The van der Waals surface area contributed by atoms with Gasteiger partial charge in [0.15, 0.2) is 13.6 Å². The number of fused-ring (bicyclic) bond motifs is 1. The molecule has 0 aromatic heterocycles. The molecule has 4 nitrogen and oxygen atoms in total. The maximum atomic E-state index is 5.73. The molecule has 0 amide bonds. The Hall–Kier alpha value is -1.78. The molecule has 0 aliphatic carbocycles. The first-order chi connectivity index (χ1) is 9.70. The second-order valence-electron chi connectivity index (χ2n) is 4.56. The van der Waals surface area contributed by atoms with Crippen LogP contribution in [0.3, 0.4) is 0 Å². The van der Waals surface area contributed by atoms with E-state index in [2.05, 4.69) is 0 Å². The lowest BCUT2D eigenvalue weighted by Gasteiger charge is -2.18. The number of ether oxygens (including phenoxy) is 4. The molecule has 2 rings (SSSR count). The number of benzene rings is 2. The van der Waals surface area contributed by atoms with Gasteiger partial charge < -0.3 is 18.9 Å². The number of hydrogen-bond donors (Lipinski definition) is 0. The van der Waals surface area contributed by atoms with Gasteiger partial charge in [-0.1, -0.05) is 24.3 Å². The number of hydrogen-bond acceptors (Lipinski definition) is 4. The normalized spacial score (nSPS) is 10.8. The summed E-state index contributed by atoms with van der Waals surface area (Å²) in [7, 11) is 3.22. The van der Waals surface area contributed by atoms with Crippen molar-refractivity contribution in [3.63, 3.8) is 0 Å². The third-order valence-electron chi connectivity index (χ3n) is 3.30. The van der Waals surface area contributed by atoms with Crippen molar-refractivity contribution in [1.82, 2.24) is 0 Å². The predicted molar refractivity (Wildman–Crippen MR) is 78.4 cm³/mol. The van der Waals surface area contributed by atoms with Crippen molar-refractivity contribution >= 4 is 10.8 Å². The first-order valence-corrected chi connectivity index (χ1v) is 6.46. The Morgan fingerprint density at radius 1 is 0.750 bits per heavy atom. The Balaban J connectivity index is 2.61. The minimum atomic E-state index is 0.225. The van der Waals surface area contributed by atoms with Crippen molar-refractivity contribution in [2.24, 2.45) is 0 Å². The van der Waals surface area contributed by atoms with Crippen molar-refractivity contribution in [2.45, 2.75) is 13.8 Å². The molecule has 0 radical (unpaired) electrons. The average Bonchev–Trinajstić information content (AvgIpc) is 2.47. The molecular formula is C16H20O4. The SMILES string of the molecule is COCOc1c(C)c(C)c(OCOC)c2ccccc12. The van der Waals surface area contributed by atoms with Crippen LogP contribution in [0.2, 0.25) is 0 Å². The second-order valence-corrected chi connectivity index (χ2v) is 4.56. The fraction of sp³-hybridized carbons (Fsp3) is 0.375. The molecular weight excluding hydrogens is 256 g/mol. The largest absolute Gasteiger partial charge is 0.467 e. The van der Waals surface area contributed by atoms with Crippen molar-refractivity contribution in [3.8, 4) is 11.5 Å². The van der Waals surface area contributed by atoms with E-state index in [0.717, 1.165) is 33.4 Å².